The second kappa shape index (κ2) is 6.55. The van der Waals surface area contributed by atoms with Gasteiger partial charge in [-0.15, -0.1) is 11.3 Å². The van der Waals surface area contributed by atoms with Crippen LogP contribution in [0.3, 0.4) is 0 Å². The summed E-state index contributed by atoms with van der Waals surface area (Å²) >= 11 is 1.72. The molecule has 4 nitrogen and oxygen atoms in total. The number of ether oxygens (including phenoxy) is 1. The summed E-state index contributed by atoms with van der Waals surface area (Å²) in [7, 11) is 0. The summed E-state index contributed by atoms with van der Waals surface area (Å²) in [4.78, 5) is 19.6. The fraction of sp³-hybridized carbons (Fsp3) is 0.474. The number of hydrogen-bond acceptors (Lipinski definition) is 4. The lowest BCUT2D eigenvalue weighted by molar-refractivity contribution is -0.138. The molecule has 2 aromatic rings. The minimum absolute atomic E-state index is 0.0586. The fourth-order valence-electron chi connectivity index (χ4n) is 3.68. The van der Waals surface area contributed by atoms with Gasteiger partial charge in [0.15, 0.2) is 0 Å². The molecule has 126 valence electrons. The average molecular weight is 342 g/mol. The van der Waals surface area contributed by atoms with E-state index in [0.717, 1.165) is 49.4 Å². The Bertz CT molecular complexity index is 742. The van der Waals surface area contributed by atoms with Gasteiger partial charge in [0, 0.05) is 30.1 Å². The van der Waals surface area contributed by atoms with Crippen LogP contribution in [0.4, 0.5) is 0 Å². The van der Waals surface area contributed by atoms with E-state index in [4.69, 9.17) is 4.74 Å². The van der Waals surface area contributed by atoms with Gasteiger partial charge in [-0.3, -0.25) is 4.79 Å². The zero-order chi connectivity index (χ0) is 16.5. The highest BCUT2D eigenvalue weighted by molar-refractivity contribution is 7.09. The van der Waals surface area contributed by atoms with E-state index in [2.05, 4.69) is 16.4 Å². The van der Waals surface area contributed by atoms with Gasteiger partial charge in [-0.25, -0.2) is 4.98 Å². The third kappa shape index (κ3) is 3.05. The number of hydrogen-bond donors (Lipinski definition) is 0. The van der Waals surface area contributed by atoms with E-state index in [1.54, 1.807) is 11.3 Å². The second-order valence-electron chi connectivity index (χ2n) is 6.77. The predicted molar refractivity (Wildman–Crippen MR) is 94.5 cm³/mol. The number of benzene rings is 1. The third-order valence-corrected chi connectivity index (χ3v) is 6.07. The lowest BCUT2D eigenvalue weighted by Gasteiger charge is -2.35. The van der Waals surface area contributed by atoms with Crippen LogP contribution in [0.5, 0.6) is 5.75 Å². The molecule has 5 heteroatoms. The van der Waals surface area contributed by atoms with E-state index in [1.165, 1.54) is 5.01 Å². The van der Waals surface area contributed by atoms with Gasteiger partial charge >= 0.3 is 0 Å². The van der Waals surface area contributed by atoms with Crippen LogP contribution in [-0.2, 0) is 11.2 Å². The molecule has 0 radical (unpaired) electrons. The maximum absolute atomic E-state index is 13.0. The first-order valence-corrected chi connectivity index (χ1v) is 9.50. The number of thiazole rings is 1. The molecule has 0 unspecified atom stereocenters. The van der Waals surface area contributed by atoms with Gasteiger partial charge in [0.1, 0.15) is 12.4 Å². The van der Waals surface area contributed by atoms with Crippen molar-refractivity contribution in [1.82, 2.24) is 9.88 Å². The molecule has 1 aromatic heterocycles. The van der Waals surface area contributed by atoms with Crippen molar-refractivity contribution in [3.05, 3.63) is 45.9 Å². The molecule has 1 aromatic carbocycles. The van der Waals surface area contributed by atoms with Crippen LogP contribution >= 0.6 is 11.3 Å². The Kier molecular flexibility index (Phi) is 4.27. The van der Waals surface area contributed by atoms with Crippen molar-refractivity contribution >= 4 is 17.2 Å². The van der Waals surface area contributed by atoms with Crippen molar-refractivity contribution in [3.63, 3.8) is 0 Å². The Hall–Kier alpha value is -1.88. The molecule has 1 amide bonds. The normalized spacial score (nSPS) is 23.5. The highest BCUT2D eigenvalue weighted by Gasteiger charge is 2.33. The van der Waals surface area contributed by atoms with Gasteiger partial charge in [0.05, 0.1) is 10.9 Å². The number of piperidine rings is 1. The zero-order valence-electron chi connectivity index (χ0n) is 13.9. The van der Waals surface area contributed by atoms with Gasteiger partial charge in [-0.05, 0) is 37.8 Å². The van der Waals surface area contributed by atoms with E-state index in [-0.39, 0.29) is 11.8 Å². The number of carbonyl (C=O) groups excluding carboxylic acids is 1. The summed E-state index contributed by atoms with van der Waals surface area (Å²) in [5.74, 6) is 1.49. The van der Waals surface area contributed by atoms with E-state index in [9.17, 15) is 4.79 Å². The van der Waals surface area contributed by atoms with Crippen LogP contribution < -0.4 is 4.74 Å². The van der Waals surface area contributed by atoms with Gasteiger partial charge in [0.25, 0.3) is 0 Å². The number of aromatic nitrogens is 1. The molecular formula is C19H22N2O2S. The monoisotopic (exact) mass is 342 g/mol. The molecule has 4 rings (SSSR count). The topological polar surface area (TPSA) is 42.4 Å². The summed E-state index contributed by atoms with van der Waals surface area (Å²) < 4.78 is 5.81. The molecule has 1 fully saturated rings. The van der Waals surface area contributed by atoms with Crippen LogP contribution in [0.15, 0.2) is 29.6 Å². The zero-order valence-corrected chi connectivity index (χ0v) is 14.7. The van der Waals surface area contributed by atoms with Gasteiger partial charge in [-0.2, -0.15) is 0 Å². The van der Waals surface area contributed by atoms with Crippen molar-refractivity contribution < 1.29 is 9.53 Å². The summed E-state index contributed by atoms with van der Waals surface area (Å²) in [5.41, 5.74) is 2.22. The molecule has 0 aliphatic carbocycles. The highest BCUT2D eigenvalue weighted by Crippen LogP contribution is 2.32. The Morgan fingerprint density at radius 1 is 1.38 bits per heavy atom. The first kappa shape index (κ1) is 15.6. The Labute approximate surface area is 146 Å². The van der Waals surface area contributed by atoms with E-state index in [0.29, 0.717) is 12.5 Å². The second-order valence-corrected chi connectivity index (χ2v) is 7.66. The maximum atomic E-state index is 13.0. The number of fused-ring (bicyclic) bond motifs is 1. The number of rotatable bonds is 2. The Morgan fingerprint density at radius 2 is 2.25 bits per heavy atom. The van der Waals surface area contributed by atoms with Crippen LogP contribution in [-0.4, -0.2) is 35.5 Å². The van der Waals surface area contributed by atoms with Gasteiger partial charge in [-0.1, -0.05) is 18.2 Å². The van der Waals surface area contributed by atoms with Crippen LogP contribution in [0.25, 0.3) is 0 Å². The summed E-state index contributed by atoms with van der Waals surface area (Å²) in [6.07, 6.45) is 2.96. The average Bonchev–Trinajstić information content (AvgIpc) is 3.07. The van der Waals surface area contributed by atoms with E-state index < -0.39 is 0 Å². The SMILES string of the molecule is Cc1csc([C@H]2CCCN(C(=O)[C@H]3COc4ccccc4C3)C2)n1. The van der Waals surface area contributed by atoms with Crippen molar-refractivity contribution in [2.45, 2.75) is 32.1 Å². The highest BCUT2D eigenvalue weighted by atomic mass is 32.1. The van der Waals surface area contributed by atoms with Crippen LogP contribution in [0.2, 0.25) is 0 Å². The van der Waals surface area contributed by atoms with E-state index in [1.807, 2.05) is 30.0 Å². The standard InChI is InChI=1S/C19H22N2O2S/c1-13-12-24-18(20-13)15-6-4-8-21(10-15)19(22)16-9-14-5-2-3-7-17(14)23-11-16/h2-3,5,7,12,15-16H,4,6,8-11H2,1H3/t15-,16+/m0/s1. The van der Waals surface area contributed by atoms with Crippen LogP contribution in [0, 0.1) is 12.8 Å². The molecule has 0 N–H and O–H groups in total. The molecule has 2 atom stereocenters. The molecule has 0 bridgehead atoms. The van der Waals surface area contributed by atoms with Crippen LogP contribution in [0.1, 0.15) is 35.0 Å². The van der Waals surface area contributed by atoms with E-state index >= 15 is 0 Å². The van der Waals surface area contributed by atoms with Gasteiger partial charge in [0.2, 0.25) is 5.91 Å². The van der Waals surface area contributed by atoms with Crippen molar-refractivity contribution in [3.8, 4) is 5.75 Å². The largest absolute Gasteiger partial charge is 0.492 e. The number of carbonyl (C=O) groups is 1. The first-order valence-electron chi connectivity index (χ1n) is 8.62. The summed E-state index contributed by atoms with van der Waals surface area (Å²) in [5, 5.41) is 3.28. The molecule has 0 spiro atoms. The number of para-hydroxylation sites is 1. The maximum Gasteiger partial charge on any atom is 0.229 e. The Morgan fingerprint density at radius 3 is 3.08 bits per heavy atom. The molecule has 1 saturated heterocycles. The molecule has 2 aliphatic heterocycles. The minimum atomic E-state index is -0.0586. The Balaban J connectivity index is 1.45. The number of likely N-dealkylation sites (tertiary alicyclic amines) is 1. The number of aryl methyl sites for hydroxylation is 1. The molecule has 24 heavy (non-hydrogen) atoms. The van der Waals surface area contributed by atoms with Crippen molar-refractivity contribution in [1.29, 1.82) is 0 Å². The predicted octanol–water partition coefficient (Wildman–Crippen LogP) is 3.41. The molecule has 3 heterocycles. The number of amides is 1. The lowest BCUT2D eigenvalue weighted by atomic mass is 9.93. The third-order valence-electron chi connectivity index (χ3n) is 4.95. The van der Waals surface area contributed by atoms with Gasteiger partial charge < -0.3 is 9.64 Å². The summed E-state index contributed by atoms with van der Waals surface area (Å²) in [6.45, 7) is 4.18. The lowest BCUT2D eigenvalue weighted by Crippen LogP contribution is -2.45. The number of nitrogens with zero attached hydrogens (tertiary/aromatic N) is 2. The van der Waals surface area contributed by atoms with Crippen molar-refractivity contribution in [2.24, 2.45) is 5.92 Å². The minimum Gasteiger partial charge on any atom is -0.492 e. The molecule has 0 saturated carbocycles. The first-order chi connectivity index (χ1) is 11.7. The smallest absolute Gasteiger partial charge is 0.229 e. The fourth-order valence-corrected chi connectivity index (χ4v) is 4.61. The summed E-state index contributed by atoms with van der Waals surface area (Å²) in [6, 6.07) is 8.03. The van der Waals surface area contributed by atoms with Crippen molar-refractivity contribution in [2.75, 3.05) is 19.7 Å². The molecular weight excluding hydrogens is 320 g/mol. The quantitative estimate of drug-likeness (QED) is 0.840. The molecule has 2 aliphatic rings.